The number of aliphatic imine (C=N–C) groups is 1. The van der Waals surface area contributed by atoms with Gasteiger partial charge in [-0.15, -0.1) is 0 Å². The number of para-hydroxylation sites is 1. The molecular weight excluding hydrogens is 464 g/mol. The minimum absolute atomic E-state index is 0.177. The number of carbonyl (C=O) groups excluding carboxylic acids is 2. The third-order valence-corrected chi connectivity index (χ3v) is 6.98. The first-order chi connectivity index (χ1) is 14.3. The van der Waals surface area contributed by atoms with Crippen LogP contribution in [-0.4, -0.2) is 22.7 Å². The Labute approximate surface area is 187 Å². The summed E-state index contributed by atoms with van der Waals surface area (Å²) in [4.78, 5) is 30.3. The van der Waals surface area contributed by atoms with Crippen LogP contribution in [0.25, 0.3) is 0 Å². The number of nitrogens with zero attached hydrogens (tertiary/aromatic N) is 3. The molecule has 1 saturated heterocycles. The Balaban J connectivity index is 1.56. The maximum atomic E-state index is 12.9. The minimum atomic E-state index is -0.574. The van der Waals surface area contributed by atoms with Crippen molar-refractivity contribution in [3.63, 3.8) is 0 Å². The van der Waals surface area contributed by atoms with Gasteiger partial charge in [0.2, 0.25) is 0 Å². The lowest BCUT2D eigenvalue weighted by Crippen LogP contribution is -2.26. The van der Waals surface area contributed by atoms with Gasteiger partial charge in [0.15, 0.2) is 5.17 Å². The van der Waals surface area contributed by atoms with Gasteiger partial charge < -0.3 is 5.32 Å². The second-order valence-corrected chi connectivity index (χ2v) is 8.93. The molecule has 8 heteroatoms. The van der Waals surface area contributed by atoms with E-state index in [9.17, 15) is 9.59 Å². The summed E-state index contributed by atoms with van der Waals surface area (Å²) in [7, 11) is 0. The Hall–Kier alpha value is -2.71. The summed E-state index contributed by atoms with van der Waals surface area (Å²) in [5.74, 6) is -1.01. The lowest BCUT2D eigenvalue weighted by Gasteiger charge is -2.12. The Morgan fingerprint density at radius 1 is 1.13 bits per heavy atom. The van der Waals surface area contributed by atoms with Crippen molar-refractivity contribution in [3.05, 3.63) is 69.0 Å². The fourth-order valence-corrected chi connectivity index (χ4v) is 4.36. The van der Waals surface area contributed by atoms with E-state index in [2.05, 4.69) is 31.3 Å². The molecule has 0 saturated carbocycles. The van der Waals surface area contributed by atoms with Gasteiger partial charge >= 0.3 is 0 Å². The number of halogens is 1. The van der Waals surface area contributed by atoms with Gasteiger partial charge in [-0.3, -0.25) is 9.59 Å². The van der Waals surface area contributed by atoms with E-state index in [0.717, 1.165) is 21.3 Å². The second-order valence-electron chi connectivity index (χ2n) is 7.10. The number of hydrogen-bond acceptors (Lipinski definition) is 5. The first-order valence-electron chi connectivity index (χ1n) is 9.34. The molecule has 1 atom stereocenters. The molecule has 0 radical (unpaired) electrons. The number of hydrazone groups is 1. The summed E-state index contributed by atoms with van der Waals surface area (Å²) in [5, 5.41) is 9.04. The summed E-state index contributed by atoms with van der Waals surface area (Å²) in [6.45, 7) is 5.79. The van der Waals surface area contributed by atoms with E-state index in [1.807, 2.05) is 56.3 Å². The van der Waals surface area contributed by atoms with Crippen LogP contribution in [-0.2, 0) is 9.59 Å². The quantitative estimate of drug-likeness (QED) is 0.635. The fourth-order valence-electron chi connectivity index (χ4n) is 3.28. The molecule has 0 unspecified atom stereocenters. The lowest BCUT2D eigenvalue weighted by molar-refractivity contribution is -0.118. The topological polar surface area (TPSA) is 74.1 Å². The molecule has 0 aromatic heterocycles. The summed E-state index contributed by atoms with van der Waals surface area (Å²) in [6, 6.07) is 13.2. The average molecular weight is 483 g/mol. The van der Waals surface area contributed by atoms with Crippen LogP contribution in [0.3, 0.4) is 0 Å². The smallest absolute Gasteiger partial charge is 0.263 e. The highest BCUT2D eigenvalue weighted by Gasteiger charge is 2.35. The Bertz CT molecular complexity index is 1120. The Morgan fingerprint density at radius 3 is 2.47 bits per heavy atom. The number of thioether (sulfide) groups is 1. The molecule has 2 aliphatic heterocycles. The van der Waals surface area contributed by atoms with Crippen molar-refractivity contribution in [3.8, 4) is 0 Å². The van der Waals surface area contributed by atoms with Crippen molar-refractivity contribution in [2.75, 3.05) is 5.01 Å². The summed E-state index contributed by atoms with van der Waals surface area (Å²) in [5.41, 5.74) is 4.26. The largest absolute Gasteiger partial charge is 0.300 e. The SMILES string of the molecule is CC1=NN(c2ccccc2)C(=O)[C@@H]1/C=C1\SC(=Nc2cc(C)c(Br)c(C)c2)NC1=O. The summed E-state index contributed by atoms with van der Waals surface area (Å²) < 4.78 is 1.05. The number of anilines is 1. The van der Waals surface area contributed by atoms with Crippen LogP contribution in [0.4, 0.5) is 11.4 Å². The molecule has 6 nitrogen and oxygen atoms in total. The fraction of sp³-hybridized carbons (Fsp3) is 0.182. The second kappa shape index (κ2) is 8.20. The van der Waals surface area contributed by atoms with Crippen LogP contribution in [0.15, 0.2) is 68.0 Å². The number of rotatable bonds is 3. The van der Waals surface area contributed by atoms with Gasteiger partial charge in [-0.25, -0.2) is 4.99 Å². The first kappa shape index (κ1) is 20.6. The molecule has 0 bridgehead atoms. The molecule has 2 heterocycles. The third-order valence-electron chi connectivity index (χ3n) is 4.80. The van der Waals surface area contributed by atoms with Gasteiger partial charge in [0.25, 0.3) is 11.8 Å². The van der Waals surface area contributed by atoms with Crippen LogP contribution in [0.2, 0.25) is 0 Å². The van der Waals surface area contributed by atoms with E-state index < -0.39 is 5.92 Å². The first-order valence-corrected chi connectivity index (χ1v) is 10.9. The number of amides is 2. The number of aryl methyl sites for hydroxylation is 2. The Morgan fingerprint density at radius 2 is 1.80 bits per heavy atom. The molecule has 4 rings (SSSR count). The lowest BCUT2D eigenvalue weighted by atomic mass is 10.0. The zero-order valence-corrected chi connectivity index (χ0v) is 19.0. The summed E-state index contributed by atoms with van der Waals surface area (Å²) >= 11 is 4.78. The standard InChI is InChI=1S/C22H19BrN4O2S/c1-12-9-15(10-13(2)19(12)23)24-22-25-20(28)18(30-22)11-17-14(3)26-27(21(17)29)16-7-5-4-6-8-16/h4-11,17H,1-3H3,(H,24,25,28)/b18-11-/t17-/m1/s1. The molecule has 2 aromatic rings. The van der Waals surface area contributed by atoms with Crippen LogP contribution in [0, 0.1) is 19.8 Å². The van der Waals surface area contributed by atoms with Crippen molar-refractivity contribution in [1.82, 2.24) is 5.32 Å². The molecule has 30 heavy (non-hydrogen) atoms. The van der Waals surface area contributed by atoms with Gasteiger partial charge in [0.05, 0.1) is 27.9 Å². The highest BCUT2D eigenvalue weighted by atomic mass is 79.9. The molecule has 1 fully saturated rings. The number of carbonyl (C=O) groups is 2. The molecule has 0 spiro atoms. The van der Waals surface area contributed by atoms with E-state index in [1.165, 1.54) is 16.8 Å². The Kier molecular flexibility index (Phi) is 5.62. The highest BCUT2D eigenvalue weighted by molar-refractivity contribution is 9.10. The average Bonchev–Trinajstić information content (AvgIpc) is 3.20. The van der Waals surface area contributed by atoms with Crippen LogP contribution >= 0.6 is 27.7 Å². The molecular formula is C22H19BrN4O2S. The molecule has 2 aromatic carbocycles. The number of benzene rings is 2. The van der Waals surface area contributed by atoms with E-state index in [-0.39, 0.29) is 11.8 Å². The normalized spacial score (nSPS) is 21.5. The third kappa shape index (κ3) is 3.97. The van der Waals surface area contributed by atoms with Crippen molar-refractivity contribution in [2.24, 2.45) is 16.0 Å². The number of amidine groups is 1. The number of hydrogen-bond donors (Lipinski definition) is 1. The molecule has 2 amide bonds. The molecule has 1 N–H and O–H groups in total. The van der Waals surface area contributed by atoms with Gasteiger partial charge in [0.1, 0.15) is 0 Å². The van der Waals surface area contributed by atoms with Crippen molar-refractivity contribution in [2.45, 2.75) is 20.8 Å². The van der Waals surface area contributed by atoms with Crippen LogP contribution in [0.1, 0.15) is 18.1 Å². The molecule has 152 valence electrons. The van der Waals surface area contributed by atoms with Crippen LogP contribution < -0.4 is 10.3 Å². The number of nitrogens with one attached hydrogen (secondary N) is 1. The van der Waals surface area contributed by atoms with Gasteiger partial charge in [-0.1, -0.05) is 34.1 Å². The summed E-state index contributed by atoms with van der Waals surface area (Å²) in [6.07, 6.45) is 1.67. The maximum absolute atomic E-state index is 12.9. The molecule has 0 aliphatic carbocycles. The van der Waals surface area contributed by atoms with Gasteiger partial charge in [-0.2, -0.15) is 10.1 Å². The highest BCUT2D eigenvalue weighted by Crippen LogP contribution is 2.32. The van der Waals surface area contributed by atoms with Crippen LogP contribution in [0.5, 0.6) is 0 Å². The van der Waals surface area contributed by atoms with E-state index in [0.29, 0.717) is 21.5 Å². The van der Waals surface area contributed by atoms with Crippen molar-refractivity contribution >= 4 is 61.8 Å². The van der Waals surface area contributed by atoms with Gasteiger partial charge in [0, 0.05) is 4.47 Å². The van der Waals surface area contributed by atoms with E-state index >= 15 is 0 Å². The zero-order valence-electron chi connectivity index (χ0n) is 16.6. The van der Waals surface area contributed by atoms with E-state index in [4.69, 9.17) is 0 Å². The maximum Gasteiger partial charge on any atom is 0.263 e. The molecule has 2 aliphatic rings. The van der Waals surface area contributed by atoms with Crippen molar-refractivity contribution < 1.29 is 9.59 Å². The van der Waals surface area contributed by atoms with Gasteiger partial charge in [-0.05, 0) is 74.0 Å². The zero-order chi connectivity index (χ0) is 21.4. The monoisotopic (exact) mass is 482 g/mol. The van der Waals surface area contributed by atoms with Crippen molar-refractivity contribution in [1.29, 1.82) is 0 Å². The van der Waals surface area contributed by atoms with E-state index in [1.54, 1.807) is 13.0 Å². The predicted octanol–water partition coefficient (Wildman–Crippen LogP) is 4.84. The predicted molar refractivity (Wildman–Crippen MR) is 125 cm³/mol. The minimum Gasteiger partial charge on any atom is -0.300 e.